The second-order valence-corrected chi connectivity index (χ2v) is 6.94. The van der Waals surface area contributed by atoms with E-state index < -0.39 is 0 Å². The van der Waals surface area contributed by atoms with Crippen molar-refractivity contribution in [3.8, 4) is 5.75 Å². The van der Waals surface area contributed by atoms with E-state index in [9.17, 15) is 4.79 Å². The van der Waals surface area contributed by atoms with Crippen molar-refractivity contribution in [2.45, 2.75) is 31.7 Å². The number of nitrogens with zero attached hydrogens (tertiary/aromatic N) is 2. The smallest absolute Gasteiger partial charge is 0.252 e. The molecule has 6 nitrogen and oxygen atoms in total. The van der Waals surface area contributed by atoms with Crippen LogP contribution >= 0.6 is 0 Å². The molecule has 0 unspecified atom stereocenters. The molecule has 3 N–H and O–H groups in total. The van der Waals surface area contributed by atoms with Crippen molar-refractivity contribution in [1.29, 1.82) is 0 Å². The summed E-state index contributed by atoms with van der Waals surface area (Å²) in [5.41, 5.74) is 7.77. The van der Waals surface area contributed by atoms with Crippen LogP contribution in [0.3, 0.4) is 0 Å². The van der Waals surface area contributed by atoms with E-state index in [1.165, 1.54) is 5.56 Å². The highest BCUT2D eigenvalue weighted by atomic mass is 16.5. The number of piperidine rings is 1. The molecular formula is C21H28N4O2. The summed E-state index contributed by atoms with van der Waals surface area (Å²) in [6, 6.07) is 12.1. The van der Waals surface area contributed by atoms with Gasteiger partial charge in [0.05, 0.1) is 12.7 Å². The van der Waals surface area contributed by atoms with Crippen LogP contribution in [0.2, 0.25) is 0 Å². The molecule has 1 aromatic heterocycles. The molecule has 3 rings (SSSR count). The standard InChI is InChI=1S/C21H28N4O2/c1-27-19-7-4-16(5-8-19)3-2-12-23-21(26)17-6-9-20(24-15-17)25-13-10-18(22)11-14-25/h4-9,15,18H,2-3,10-14,22H2,1H3,(H,23,26). The van der Waals surface area contributed by atoms with Gasteiger partial charge in [0.25, 0.3) is 5.91 Å². The summed E-state index contributed by atoms with van der Waals surface area (Å²) in [7, 11) is 1.66. The molecule has 0 radical (unpaired) electrons. The third-order valence-corrected chi connectivity index (χ3v) is 4.96. The molecule has 0 bridgehead atoms. The highest BCUT2D eigenvalue weighted by Gasteiger charge is 2.17. The lowest BCUT2D eigenvalue weighted by Crippen LogP contribution is -2.40. The Morgan fingerprint density at radius 3 is 2.59 bits per heavy atom. The van der Waals surface area contributed by atoms with Crippen molar-refractivity contribution < 1.29 is 9.53 Å². The van der Waals surface area contributed by atoms with E-state index >= 15 is 0 Å². The first-order valence-corrected chi connectivity index (χ1v) is 9.53. The molecule has 0 aliphatic carbocycles. The lowest BCUT2D eigenvalue weighted by atomic mass is 10.1. The van der Waals surface area contributed by atoms with Gasteiger partial charge in [0.2, 0.25) is 0 Å². The van der Waals surface area contributed by atoms with E-state index in [0.717, 1.165) is 50.3 Å². The number of amides is 1. The molecule has 0 saturated carbocycles. The fourth-order valence-corrected chi connectivity index (χ4v) is 3.22. The molecule has 1 saturated heterocycles. The van der Waals surface area contributed by atoms with E-state index in [0.29, 0.717) is 18.2 Å². The molecule has 0 spiro atoms. The van der Waals surface area contributed by atoms with Crippen LogP contribution in [-0.2, 0) is 6.42 Å². The molecule has 144 valence electrons. The minimum absolute atomic E-state index is 0.0792. The number of methoxy groups -OCH3 is 1. The number of hydrogen-bond acceptors (Lipinski definition) is 5. The number of rotatable bonds is 7. The number of hydrogen-bond donors (Lipinski definition) is 2. The maximum absolute atomic E-state index is 12.3. The van der Waals surface area contributed by atoms with E-state index in [2.05, 4.69) is 27.3 Å². The normalized spacial score (nSPS) is 14.8. The monoisotopic (exact) mass is 368 g/mol. The minimum Gasteiger partial charge on any atom is -0.497 e. The summed E-state index contributed by atoms with van der Waals surface area (Å²) in [4.78, 5) is 18.9. The number of aromatic nitrogens is 1. The molecule has 6 heteroatoms. The Balaban J connectivity index is 1.42. The second kappa shape index (κ2) is 9.37. The van der Waals surface area contributed by atoms with Gasteiger partial charge in [-0.2, -0.15) is 0 Å². The zero-order valence-electron chi connectivity index (χ0n) is 15.9. The molecule has 1 amide bonds. The van der Waals surface area contributed by atoms with E-state index in [1.807, 2.05) is 24.3 Å². The van der Waals surface area contributed by atoms with Crippen LogP contribution in [0.15, 0.2) is 42.6 Å². The van der Waals surface area contributed by atoms with Crippen molar-refractivity contribution in [3.63, 3.8) is 0 Å². The van der Waals surface area contributed by atoms with Gasteiger partial charge in [0.1, 0.15) is 11.6 Å². The summed E-state index contributed by atoms with van der Waals surface area (Å²) in [5.74, 6) is 1.69. The zero-order chi connectivity index (χ0) is 19.1. The molecule has 1 fully saturated rings. The maximum atomic E-state index is 12.3. The largest absolute Gasteiger partial charge is 0.497 e. The Morgan fingerprint density at radius 2 is 1.96 bits per heavy atom. The van der Waals surface area contributed by atoms with Crippen LogP contribution in [-0.4, -0.2) is 43.7 Å². The van der Waals surface area contributed by atoms with Gasteiger partial charge >= 0.3 is 0 Å². The van der Waals surface area contributed by atoms with Gasteiger partial charge in [-0.05, 0) is 55.5 Å². The molecule has 0 atom stereocenters. The summed E-state index contributed by atoms with van der Waals surface area (Å²) in [6.45, 7) is 2.48. The molecule has 2 aromatic rings. The topological polar surface area (TPSA) is 80.5 Å². The van der Waals surface area contributed by atoms with Crippen molar-refractivity contribution in [2.24, 2.45) is 5.73 Å². The summed E-state index contributed by atoms with van der Waals surface area (Å²) in [6.07, 6.45) is 5.43. The highest BCUT2D eigenvalue weighted by Crippen LogP contribution is 2.17. The second-order valence-electron chi connectivity index (χ2n) is 6.94. The maximum Gasteiger partial charge on any atom is 0.252 e. The van der Waals surface area contributed by atoms with Gasteiger partial charge in [-0.3, -0.25) is 4.79 Å². The van der Waals surface area contributed by atoms with E-state index in [4.69, 9.17) is 10.5 Å². The van der Waals surface area contributed by atoms with Gasteiger partial charge in [-0.25, -0.2) is 4.98 Å². The van der Waals surface area contributed by atoms with E-state index in [1.54, 1.807) is 13.3 Å². The van der Waals surface area contributed by atoms with Gasteiger partial charge in [0.15, 0.2) is 0 Å². The SMILES string of the molecule is COc1ccc(CCCNC(=O)c2ccc(N3CCC(N)CC3)nc2)cc1. The number of pyridine rings is 1. The number of benzene rings is 1. The zero-order valence-corrected chi connectivity index (χ0v) is 15.9. The number of carbonyl (C=O) groups excluding carboxylic acids is 1. The lowest BCUT2D eigenvalue weighted by Gasteiger charge is -2.31. The third kappa shape index (κ3) is 5.44. The molecular weight excluding hydrogens is 340 g/mol. The summed E-state index contributed by atoms with van der Waals surface area (Å²) < 4.78 is 5.16. The van der Waals surface area contributed by atoms with Gasteiger partial charge < -0.3 is 20.7 Å². The van der Waals surface area contributed by atoms with Crippen molar-refractivity contribution >= 4 is 11.7 Å². The van der Waals surface area contributed by atoms with Crippen LogP contribution in [0.4, 0.5) is 5.82 Å². The number of anilines is 1. The van der Waals surface area contributed by atoms with Crippen molar-refractivity contribution in [1.82, 2.24) is 10.3 Å². The Bertz CT molecular complexity index is 723. The van der Waals surface area contributed by atoms with Crippen LogP contribution in [0.25, 0.3) is 0 Å². The van der Waals surface area contributed by atoms with E-state index in [-0.39, 0.29) is 5.91 Å². The first-order valence-electron chi connectivity index (χ1n) is 9.53. The predicted octanol–water partition coefficient (Wildman–Crippen LogP) is 2.38. The lowest BCUT2D eigenvalue weighted by molar-refractivity contribution is 0.0953. The van der Waals surface area contributed by atoms with Gasteiger partial charge in [0, 0.05) is 31.9 Å². The molecule has 1 aromatic carbocycles. The summed E-state index contributed by atoms with van der Waals surface area (Å²) in [5, 5.41) is 2.96. The Hall–Kier alpha value is -2.60. The average Bonchev–Trinajstić information content (AvgIpc) is 2.72. The van der Waals surface area contributed by atoms with Crippen molar-refractivity contribution in [2.75, 3.05) is 31.6 Å². The number of nitrogens with one attached hydrogen (secondary N) is 1. The van der Waals surface area contributed by atoms with Gasteiger partial charge in [-0.15, -0.1) is 0 Å². The quantitative estimate of drug-likeness (QED) is 0.734. The van der Waals surface area contributed by atoms with Crippen LogP contribution < -0.4 is 20.7 Å². The molecule has 1 aliphatic heterocycles. The Labute approximate surface area is 160 Å². The minimum atomic E-state index is -0.0792. The van der Waals surface area contributed by atoms with Crippen LogP contribution in [0.5, 0.6) is 5.75 Å². The van der Waals surface area contributed by atoms with Gasteiger partial charge in [-0.1, -0.05) is 12.1 Å². The average molecular weight is 368 g/mol. The first-order chi connectivity index (χ1) is 13.2. The van der Waals surface area contributed by atoms with Crippen LogP contribution in [0.1, 0.15) is 35.2 Å². The third-order valence-electron chi connectivity index (χ3n) is 4.96. The number of ether oxygens (including phenoxy) is 1. The van der Waals surface area contributed by atoms with Crippen LogP contribution in [0, 0.1) is 0 Å². The first kappa shape index (κ1) is 19.2. The number of aryl methyl sites for hydroxylation is 1. The summed E-state index contributed by atoms with van der Waals surface area (Å²) >= 11 is 0. The molecule has 2 heterocycles. The predicted molar refractivity (Wildman–Crippen MR) is 107 cm³/mol. The Kier molecular flexibility index (Phi) is 6.65. The van der Waals surface area contributed by atoms with Crippen molar-refractivity contribution in [3.05, 3.63) is 53.7 Å². The fraction of sp³-hybridized carbons (Fsp3) is 0.429. The fourth-order valence-electron chi connectivity index (χ4n) is 3.22. The highest BCUT2D eigenvalue weighted by molar-refractivity contribution is 5.94. The molecule has 1 aliphatic rings. The number of nitrogens with two attached hydrogens (primary N) is 1. The Morgan fingerprint density at radius 1 is 1.22 bits per heavy atom. The number of carbonyl (C=O) groups is 1. The molecule has 27 heavy (non-hydrogen) atoms.